The van der Waals surface area contributed by atoms with Crippen molar-refractivity contribution in [2.24, 2.45) is 11.7 Å². The lowest BCUT2D eigenvalue weighted by molar-refractivity contribution is 0.1000. The van der Waals surface area contributed by atoms with E-state index in [1.165, 1.54) is 0 Å². The molecule has 3 N–H and O–H groups in total. The number of likely N-dealkylation sites (tertiary alicyclic amines) is 1. The highest BCUT2D eigenvalue weighted by Gasteiger charge is 2.28. The molecule has 0 aliphatic carbocycles. The number of carbonyl (C=O) groups is 1. The van der Waals surface area contributed by atoms with Crippen molar-refractivity contribution in [2.75, 3.05) is 18.9 Å². The summed E-state index contributed by atoms with van der Waals surface area (Å²) < 4.78 is 0. The van der Waals surface area contributed by atoms with E-state index < -0.39 is 0 Å². The highest BCUT2D eigenvalue weighted by Crippen LogP contribution is 2.26. The van der Waals surface area contributed by atoms with E-state index in [-0.39, 0.29) is 5.91 Å². The standard InChI is InChI=1S/C16H25N3O/c1-10-7-13(16(17)20)5-6-14(10)18-15-8-12(3)19(4)9-11(15)2/h5-7,11-12,15,18H,8-9H2,1-4H3,(H2,17,20). The molecule has 4 heteroatoms. The largest absolute Gasteiger partial charge is 0.382 e. The molecule has 2 rings (SSSR count). The third-order valence-electron chi connectivity index (χ3n) is 4.46. The van der Waals surface area contributed by atoms with Crippen molar-refractivity contribution in [3.63, 3.8) is 0 Å². The van der Waals surface area contributed by atoms with Crippen LogP contribution in [0.4, 0.5) is 5.69 Å². The van der Waals surface area contributed by atoms with Crippen LogP contribution >= 0.6 is 0 Å². The van der Waals surface area contributed by atoms with E-state index in [0.717, 1.165) is 24.2 Å². The molecule has 20 heavy (non-hydrogen) atoms. The van der Waals surface area contributed by atoms with E-state index >= 15 is 0 Å². The number of nitrogens with one attached hydrogen (secondary N) is 1. The van der Waals surface area contributed by atoms with Gasteiger partial charge >= 0.3 is 0 Å². The van der Waals surface area contributed by atoms with Crippen molar-refractivity contribution in [1.82, 2.24) is 4.90 Å². The van der Waals surface area contributed by atoms with Crippen LogP contribution in [0.5, 0.6) is 0 Å². The number of nitrogens with two attached hydrogens (primary N) is 1. The maximum atomic E-state index is 11.2. The minimum atomic E-state index is -0.374. The summed E-state index contributed by atoms with van der Waals surface area (Å²) in [7, 11) is 2.18. The Morgan fingerprint density at radius 1 is 1.40 bits per heavy atom. The van der Waals surface area contributed by atoms with Crippen molar-refractivity contribution in [1.29, 1.82) is 0 Å². The third kappa shape index (κ3) is 3.12. The third-order valence-corrected chi connectivity index (χ3v) is 4.46. The van der Waals surface area contributed by atoms with Crippen molar-refractivity contribution in [3.05, 3.63) is 29.3 Å². The summed E-state index contributed by atoms with van der Waals surface area (Å²) in [5.41, 5.74) is 8.05. The van der Waals surface area contributed by atoms with Gasteiger partial charge in [-0.15, -0.1) is 0 Å². The number of hydrogen-bond acceptors (Lipinski definition) is 3. The van der Waals surface area contributed by atoms with Crippen LogP contribution in [0, 0.1) is 12.8 Å². The summed E-state index contributed by atoms with van der Waals surface area (Å²) in [6, 6.07) is 6.67. The Kier molecular flexibility index (Phi) is 4.33. The summed E-state index contributed by atoms with van der Waals surface area (Å²) in [5.74, 6) is 0.229. The second-order valence-corrected chi connectivity index (χ2v) is 6.15. The lowest BCUT2D eigenvalue weighted by atomic mass is 9.89. The zero-order valence-corrected chi connectivity index (χ0v) is 12.8. The molecule has 0 saturated carbocycles. The maximum Gasteiger partial charge on any atom is 0.248 e. The van der Waals surface area contributed by atoms with Gasteiger partial charge in [0.05, 0.1) is 0 Å². The van der Waals surface area contributed by atoms with Crippen LogP contribution < -0.4 is 11.1 Å². The Balaban J connectivity index is 2.12. The van der Waals surface area contributed by atoms with E-state index in [9.17, 15) is 4.79 Å². The lowest BCUT2D eigenvalue weighted by Crippen LogP contribution is -2.48. The van der Waals surface area contributed by atoms with Gasteiger partial charge < -0.3 is 16.0 Å². The SMILES string of the molecule is Cc1cc(C(N)=O)ccc1NC1CC(C)N(C)CC1C. The van der Waals surface area contributed by atoms with Gasteiger partial charge in [-0.3, -0.25) is 4.79 Å². The Labute approximate surface area is 121 Å². The van der Waals surface area contributed by atoms with Crippen molar-refractivity contribution >= 4 is 11.6 Å². The Hall–Kier alpha value is -1.55. The zero-order valence-electron chi connectivity index (χ0n) is 12.8. The number of benzene rings is 1. The number of primary amides is 1. The second kappa shape index (κ2) is 5.83. The Morgan fingerprint density at radius 2 is 2.10 bits per heavy atom. The first-order valence-electron chi connectivity index (χ1n) is 7.25. The molecule has 1 amide bonds. The first kappa shape index (κ1) is 14.9. The molecule has 1 aromatic rings. The van der Waals surface area contributed by atoms with Crippen molar-refractivity contribution in [3.8, 4) is 0 Å². The molecule has 1 saturated heterocycles. The number of piperidine rings is 1. The molecule has 1 fully saturated rings. The molecular weight excluding hydrogens is 250 g/mol. The second-order valence-electron chi connectivity index (χ2n) is 6.15. The quantitative estimate of drug-likeness (QED) is 0.889. The van der Waals surface area contributed by atoms with Gasteiger partial charge in [-0.25, -0.2) is 0 Å². The van der Waals surface area contributed by atoms with Gasteiger partial charge in [0.15, 0.2) is 0 Å². The van der Waals surface area contributed by atoms with Crippen molar-refractivity contribution < 1.29 is 4.79 Å². The Morgan fingerprint density at radius 3 is 2.70 bits per heavy atom. The van der Waals surface area contributed by atoms with Gasteiger partial charge in [0, 0.05) is 29.9 Å². The van der Waals surface area contributed by atoms with E-state index in [1.807, 2.05) is 19.1 Å². The summed E-state index contributed by atoms with van der Waals surface area (Å²) in [5, 5.41) is 3.64. The molecule has 4 nitrogen and oxygen atoms in total. The van der Waals surface area contributed by atoms with E-state index in [2.05, 4.69) is 31.1 Å². The number of rotatable bonds is 3. The first-order chi connectivity index (χ1) is 9.38. The predicted molar refractivity (Wildman–Crippen MR) is 83.0 cm³/mol. The van der Waals surface area contributed by atoms with E-state index in [0.29, 0.717) is 23.6 Å². The fourth-order valence-electron chi connectivity index (χ4n) is 2.92. The number of aryl methyl sites for hydroxylation is 1. The number of hydrogen-bond donors (Lipinski definition) is 2. The normalized spacial score (nSPS) is 27.3. The van der Waals surface area contributed by atoms with Crippen LogP contribution in [0.3, 0.4) is 0 Å². The molecule has 1 heterocycles. The highest BCUT2D eigenvalue weighted by atomic mass is 16.1. The highest BCUT2D eigenvalue weighted by molar-refractivity contribution is 5.93. The molecule has 3 atom stereocenters. The molecule has 0 bridgehead atoms. The summed E-state index contributed by atoms with van der Waals surface area (Å²) in [6.45, 7) is 7.67. The van der Waals surface area contributed by atoms with Gasteiger partial charge in [-0.1, -0.05) is 6.92 Å². The van der Waals surface area contributed by atoms with Crippen LogP contribution in [0.25, 0.3) is 0 Å². The maximum absolute atomic E-state index is 11.2. The molecule has 0 spiro atoms. The minimum absolute atomic E-state index is 0.374. The zero-order chi connectivity index (χ0) is 14.9. The van der Waals surface area contributed by atoms with Crippen LogP contribution in [0.1, 0.15) is 36.2 Å². The molecule has 3 unspecified atom stereocenters. The van der Waals surface area contributed by atoms with Gasteiger partial charge in [0.1, 0.15) is 0 Å². The van der Waals surface area contributed by atoms with Crippen LogP contribution in [0.2, 0.25) is 0 Å². The molecule has 0 aromatic heterocycles. The van der Waals surface area contributed by atoms with Crippen LogP contribution in [-0.2, 0) is 0 Å². The van der Waals surface area contributed by atoms with Crippen LogP contribution in [-0.4, -0.2) is 36.5 Å². The lowest BCUT2D eigenvalue weighted by Gasteiger charge is -2.40. The Bertz CT molecular complexity index is 500. The number of nitrogens with zero attached hydrogens (tertiary/aromatic N) is 1. The monoisotopic (exact) mass is 275 g/mol. The molecule has 1 aliphatic rings. The molecule has 1 aromatic carbocycles. The predicted octanol–water partition coefficient (Wildman–Crippen LogP) is 2.23. The fourth-order valence-corrected chi connectivity index (χ4v) is 2.92. The number of amides is 1. The number of carbonyl (C=O) groups excluding carboxylic acids is 1. The van der Waals surface area contributed by atoms with Crippen molar-refractivity contribution in [2.45, 2.75) is 39.3 Å². The first-order valence-corrected chi connectivity index (χ1v) is 7.25. The molecule has 1 aliphatic heterocycles. The van der Waals surface area contributed by atoms with E-state index in [4.69, 9.17) is 5.73 Å². The topological polar surface area (TPSA) is 58.4 Å². The summed E-state index contributed by atoms with van der Waals surface area (Å²) in [4.78, 5) is 13.6. The minimum Gasteiger partial charge on any atom is -0.382 e. The average molecular weight is 275 g/mol. The fraction of sp³-hybridized carbons (Fsp3) is 0.562. The summed E-state index contributed by atoms with van der Waals surface area (Å²) >= 11 is 0. The molecule has 0 radical (unpaired) electrons. The number of anilines is 1. The van der Waals surface area contributed by atoms with Gasteiger partial charge in [0.25, 0.3) is 0 Å². The van der Waals surface area contributed by atoms with Crippen LogP contribution in [0.15, 0.2) is 18.2 Å². The van der Waals surface area contributed by atoms with Gasteiger partial charge in [-0.2, -0.15) is 0 Å². The smallest absolute Gasteiger partial charge is 0.248 e. The average Bonchev–Trinajstić information content (AvgIpc) is 2.37. The van der Waals surface area contributed by atoms with Gasteiger partial charge in [0.2, 0.25) is 5.91 Å². The molecule has 110 valence electrons. The summed E-state index contributed by atoms with van der Waals surface area (Å²) in [6.07, 6.45) is 1.13. The van der Waals surface area contributed by atoms with E-state index in [1.54, 1.807) is 6.07 Å². The molecular formula is C16H25N3O. The van der Waals surface area contributed by atoms with Gasteiger partial charge in [-0.05, 0) is 57.0 Å².